The maximum atomic E-state index is 5.42. The summed E-state index contributed by atoms with van der Waals surface area (Å²) in [7, 11) is 0. The predicted molar refractivity (Wildman–Crippen MR) is 124 cm³/mol. The van der Waals surface area contributed by atoms with Crippen molar-refractivity contribution in [3.63, 3.8) is 0 Å². The molecular weight excluding hydrogens is 402 g/mol. The molecule has 9 heteroatoms. The van der Waals surface area contributed by atoms with Crippen molar-refractivity contribution >= 4 is 22.9 Å². The number of nitrogen functional groups attached to an aromatic ring is 1. The molecule has 0 fully saturated rings. The molecule has 0 bridgehead atoms. The van der Waals surface area contributed by atoms with Gasteiger partial charge in [-0.1, -0.05) is 36.4 Å². The van der Waals surface area contributed by atoms with Crippen molar-refractivity contribution in [1.82, 2.24) is 29.5 Å². The second-order valence-corrected chi connectivity index (χ2v) is 7.24. The van der Waals surface area contributed by atoms with E-state index in [1.165, 1.54) is 5.56 Å². The fourth-order valence-corrected chi connectivity index (χ4v) is 3.52. The third-order valence-corrected chi connectivity index (χ3v) is 5.16. The summed E-state index contributed by atoms with van der Waals surface area (Å²) in [6.45, 7) is 2.08. The van der Waals surface area contributed by atoms with E-state index in [0.717, 1.165) is 28.1 Å². The minimum atomic E-state index is 0.0781. The molecule has 9 nitrogen and oxygen atoms in total. The van der Waals surface area contributed by atoms with Crippen molar-refractivity contribution in [3.8, 4) is 17.1 Å². The van der Waals surface area contributed by atoms with Gasteiger partial charge in [0, 0.05) is 18.0 Å². The highest BCUT2D eigenvalue weighted by Crippen LogP contribution is 2.25. The van der Waals surface area contributed by atoms with Crippen LogP contribution in [0.25, 0.3) is 28.1 Å². The molecule has 158 valence electrons. The molecule has 4 N–H and O–H groups in total. The largest absolute Gasteiger partial charge is 0.348 e. The maximum absolute atomic E-state index is 5.42. The Kier molecular flexibility index (Phi) is 5.14. The molecule has 0 aliphatic rings. The molecule has 0 saturated carbocycles. The number of rotatable bonds is 6. The first-order valence-electron chi connectivity index (χ1n) is 10.1. The molecule has 1 atom stereocenters. The van der Waals surface area contributed by atoms with Crippen LogP contribution in [-0.4, -0.2) is 29.5 Å². The zero-order valence-electron chi connectivity index (χ0n) is 17.3. The van der Waals surface area contributed by atoms with Crippen molar-refractivity contribution in [2.45, 2.75) is 13.0 Å². The molecule has 0 radical (unpaired) electrons. The number of imidazole rings is 1. The number of nitrogens with one attached hydrogen (secondary N) is 2. The van der Waals surface area contributed by atoms with Crippen LogP contribution in [0.5, 0.6) is 0 Å². The average molecular weight is 423 g/mol. The van der Waals surface area contributed by atoms with Gasteiger partial charge in [-0.3, -0.25) is 9.99 Å². The first-order chi connectivity index (χ1) is 15.7. The van der Waals surface area contributed by atoms with E-state index in [4.69, 9.17) is 10.8 Å². The van der Waals surface area contributed by atoms with E-state index in [1.807, 2.05) is 53.1 Å². The number of aromatic nitrogens is 6. The van der Waals surface area contributed by atoms with Gasteiger partial charge in [-0.2, -0.15) is 4.98 Å². The number of hydrogen-bond donors (Lipinski definition) is 3. The second-order valence-electron chi connectivity index (χ2n) is 7.24. The third kappa shape index (κ3) is 3.84. The van der Waals surface area contributed by atoms with Gasteiger partial charge in [-0.25, -0.2) is 25.8 Å². The summed E-state index contributed by atoms with van der Waals surface area (Å²) in [5.41, 5.74) is 7.07. The second kappa shape index (κ2) is 8.40. The van der Waals surface area contributed by atoms with E-state index in [-0.39, 0.29) is 6.04 Å². The monoisotopic (exact) mass is 423 g/mol. The molecule has 1 unspecified atom stereocenters. The standard InChI is InChI=1S/C23H21N9/c1-15(16-5-3-2-4-6-16)28-22-25-12-10-21(30-22)32-14-27-19-13-17(7-8-20(19)32)18-9-11-26-23(29-18)31-24/h2-15H,24H2,1H3,(H,25,28,30)(H,26,29,31). The van der Waals surface area contributed by atoms with E-state index in [0.29, 0.717) is 11.9 Å². The fraction of sp³-hybridized carbons (Fsp3) is 0.0870. The fourth-order valence-electron chi connectivity index (χ4n) is 3.52. The first kappa shape index (κ1) is 19.6. The Bertz CT molecular complexity index is 1360. The lowest BCUT2D eigenvalue weighted by Crippen LogP contribution is -2.10. The first-order valence-corrected chi connectivity index (χ1v) is 10.1. The molecule has 0 aliphatic heterocycles. The van der Waals surface area contributed by atoms with Gasteiger partial charge in [-0.05, 0) is 36.8 Å². The van der Waals surface area contributed by atoms with Crippen molar-refractivity contribution in [3.05, 3.63) is 84.9 Å². The van der Waals surface area contributed by atoms with Crippen LogP contribution in [0.15, 0.2) is 79.4 Å². The molecule has 0 spiro atoms. The third-order valence-electron chi connectivity index (χ3n) is 5.16. The summed E-state index contributed by atoms with van der Waals surface area (Å²) in [6, 6.07) is 19.9. The van der Waals surface area contributed by atoms with E-state index in [1.54, 1.807) is 18.7 Å². The number of hydrogen-bond acceptors (Lipinski definition) is 8. The molecule has 0 amide bonds. The highest BCUT2D eigenvalue weighted by atomic mass is 15.3. The molecular formula is C23H21N9. The van der Waals surface area contributed by atoms with Gasteiger partial charge in [0.05, 0.1) is 22.8 Å². The SMILES string of the molecule is CC(Nc1nccc(-n2cnc3cc(-c4ccnc(NN)n4)ccc32)n1)c1ccccc1. The predicted octanol–water partition coefficient (Wildman–Crippen LogP) is 3.73. The van der Waals surface area contributed by atoms with Gasteiger partial charge in [0.1, 0.15) is 12.1 Å². The van der Waals surface area contributed by atoms with Crippen LogP contribution in [0.4, 0.5) is 11.9 Å². The van der Waals surface area contributed by atoms with Crippen LogP contribution in [-0.2, 0) is 0 Å². The van der Waals surface area contributed by atoms with Crippen molar-refractivity contribution in [2.24, 2.45) is 5.84 Å². The summed E-state index contributed by atoms with van der Waals surface area (Å²) in [6.07, 6.45) is 5.16. The van der Waals surface area contributed by atoms with Crippen LogP contribution in [0.2, 0.25) is 0 Å². The van der Waals surface area contributed by atoms with Crippen LogP contribution >= 0.6 is 0 Å². The van der Waals surface area contributed by atoms with Crippen LogP contribution in [0, 0.1) is 0 Å². The lowest BCUT2D eigenvalue weighted by atomic mass is 10.1. The minimum Gasteiger partial charge on any atom is -0.348 e. The molecule has 2 aromatic carbocycles. The number of nitrogens with two attached hydrogens (primary N) is 1. The highest BCUT2D eigenvalue weighted by molar-refractivity contribution is 5.82. The number of nitrogens with zero attached hydrogens (tertiary/aromatic N) is 6. The normalized spacial score (nSPS) is 11.9. The van der Waals surface area contributed by atoms with E-state index >= 15 is 0 Å². The minimum absolute atomic E-state index is 0.0781. The zero-order valence-corrected chi connectivity index (χ0v) is 17.3. The van der Waals surface area contributed by atoms with Crippen molar-refractivity contribution in [2.75, 3.05) is 10.7 Å². The number of benzene rings is 2. The molecule has 3 heterocycles. The van der Waals surface area contributed by atoms with Gasteiger partial charge in [0.2, 0.25) is 11.9 Å². The summed E-state index contributed by atoms with van der Waals surface area (Å²) >= 11 is 0. The Morgan fingerprint density at radius 1 is 0.875 bits per heavy atom. The van der Waals surface area contributed by atoms with Gasteiger partial charge >= 0.3 is 0 Å². The van der Waals surface area contributed by atoms with E-state index in [9.17, 15) is 0 Å². The molecule has 5 rings (SSSR count). The Hall–Kier alpha value is -4.37. The molecule has 32 heavy (non-hydrogen) atoms. The highest BCUT2D eigenvalue weighted by Gasteiger charge is 2.11. The lowest BCUT2D eigenvalue weighted by Gasteiger charge is -2.14. The lowest BCUT2D eigenvalue weighted by molar-refractivity contribution is 0.854. The van der Waals surface area contributed by atoms with Crippen molar-refractivity contribution in [1.29, 1.82) is 0 Å². The molecule has 0 saturated heterocycles. The zero-order chi connectivity index (χ0) is 21.9. The van der Waals surface area contributed by atoms with Crippen LogP contribution < -0.4 is 16.6 Å². The Balaban J connectivity index is 1.44. The van der Waals surface area contributed by atoms with E-state index < -0.39 is 0 Å². The van der Waals surface area contributed by atoms with Gasteiger partial charge in [0.25, 0.3) is 0 Å². The number of anilines is 2. The maximum Gasteiger partial charge on any atom is 0.237 e. The smallest absolute Gasteiger partial charge is 0.237 e. The summed E-state index contributed by atoms with van der Waals surface area (Å²) in [4.78, 5) is 22.1. The van der Waals surface area contributed by atoms with Crippen LogP contribution in [0.3, 0.4) is 0 Å². The Morgan fingerprint density at radius 2 is 1.69 bits per heavy atom. The van der Waals surface area contributed by atoms with Crippen molar-refractivity contribution < 1.29 is 0 Å². The Morgan fingerprint density at radius 3 is 2.53 bits per heavy atom. The number of hydrazine groups is 1. The van der Waals surface area contributed by atoms with Gasteiger partial charge in [0.15, 0.2) is 0 Å². The average Bonchev–Trinajstić information content (AvgIpc) is 3.28. The quantitative estimate of drug-likeness (QED) is 0.279. The topological polar surface area (TPSA) is 119 Å². The summed E-state index contributed by atoms with van der Waals surface area (Å²) in [5, 5.41) is 3.36. The summed E-state index contributed by atoms with van der Waals surface area (Å²) in [5.74, 6) is 7.07. The van der Waals surface area contributed by atoms with Crippen LogP contribution in [0.1, 0.15) is 18.5 Å². The molecule has 0 aliphatic carbocycles. The Labute approximate surface area is 184 Å². The number of fused-ring (bicyclic) bond motifs is 1. The van der Waals surface area contributed by atoms with Gasteiger partial charge < -0.3 is 5.32 Å². The molecule has 3 aromatic heterocycles. The van der Waals surface area contributed by atoms with E-state index in [2.05, 4.69) is 49.7 Å². The summed E-state index contributed by atoms with van der Waals surface area (Å²) < 4.78 is 1.94. The molecule has 5 aromatic rings. The van der Waals surface area contributed by atoms with Gasteiger partial charge in [-0.15, -0.1) is 0 Å².